The average Bonchev–Trinajstić information content (AvgIpc) is 3.11. The van der Waals surface area contributed by atoms with Crippen LogP contribution < -0.4 is 9.47 Å². The molecule has 0 amide bonds. The van der Waals surface area contributed by atoms with Gasteiger partial charge in [-0.3, -0.25) is 4.90 Å². The molecule has 3 aromatic rings. The summed E-state index contributed by atoms with van der Waals surface area (Å²) < 4.78 is 11.1. The van der Waals surface area contributed by atoms with E-state index in [9.17, 15) is 0 Å². The molecular formula is C20H21N3O2. The molecule has 5 nitrogen and oxygen atoms in total. The minimum atomic E-state index is 0.412. The summed E-state index contributed by atoms with van der Waals surface area (Å²) in [7, 11) is 3.42. The quantitative estimate of drug-likeness (QED) is 0.781. The van der Waals surface area contributed by atoms with E-state index in [1.807, 2.05) is 6.07 Å². The number of ether oxygens (including phenoxy) is 2. The van der Waals surface area contributed by atoms with Gasteiger partial charge in [0, 0.05) is 24.7 Å². The SMILES string of the molecule is COc1ccc2c(c1OC)CN1CCc3cc4[nH]cnc4cc3C1C2. The zero-order valence-corrected chi connectivity index (χ0v) is 14.5. The molecule has 128 valence electrons. The van der Waals surface area contributed by atoms with Crippen LogP contribution in [-0.2, 0) is 19.4 Å². The van der Waals surface area contributed by atoms with Gasteiger partial charge in [-0.25, -0.2) is 4.98 Å². The van der Waals surface area contributed by atoms with Crippen molar-refractivity contribution in [2.45, 2.75) is 25.4 Å². The molecule has 3 heterocycles. The fraction of sp³-hybridized carbons (Fsp3) is 0.350. The minimum Gasteiger partial charge on any atom is -0.493 e. The third-order valence-corrected chi connectivity index (χ3v) is 5.67. The lowest BCUT2D eigenvalue weighted by Crippen LogP contribution is -2.39. The largest absolute Gasteiger partial charge is 0.493 e. The molecule has 2 aliphatic heterocycles. The molecule has 0 aliphatic carbocycles. The summed E-state index contributed by atoms with van der Waals surface area (Å²) >= 11 is 0. The second kappa shape index (κ2) is 5.49. The van der Waals surface area contributed by atoms with Crippen LogP contribution in [0.15, 0.2) is 30.6 Å². The first-order valence-corrected chi connectivity index (χ1v) is 8.71. The van der Waals surface area contributed by atoms with Gasteiger partial charge in [0.2, 0.25) is 0 Å². The molecule has 5 rings (SSSR count). The van der Waals surface area contributed by atoms with Crippen molar-refractivity contribution in [1.82, 2.24) is 14.9 Å². The summed E-state index contributed by atoms with van der Waals surface area (Å²) in [5.41, 5.74) is 7.68. The Morgan fingerprint density at radius 3 is 2.92 bits per heavy atom. The third-order valence-electron chi connectivity index (χ3n) is 5.67. The van der Waals surface area contributed by atoms with Crippen LogP contribution >= 0.6 is 0 Å². The molecule has 0 saturated heterocycles. The average molecular weight is 335 g/mol. The molecule has 0 saturated carbocycles. The van der Waals surface area contributed by atoms with E-state index in [0.717, 1.165) is 48.5 Å². The van der Waals surface area contributed by atoms with Crippen LogP contribution in [-0.4, -0.2) is 35.6 Å². The first-order chi connectivity index (χ1) is 12.3. The normalized spacial score (nSPS) is 19.2. The van der Waals surface area contributed by atoms with Crippen molar-refractivity contribution in [3.8, 4) is 11.5 Å². The van der Waals surface area contributed by atoms with Crippen molar-refractivity contribution in [1.29, 1.82) is 0 Å². The highest BCUT2D eigenvalue weighted by molar-refractivity contribution is 5.77. The van der Waals surface area contributed by atoms with E-state index in [-0.39, 0.29) is 0 Å². The van der Waals surface area contributed by atoms with Gasteiger partial charge in [0.25, 0.3) is 0 Å². The lowest BCUT2D eigenvalue weighted by atomic mass is 9.83. The number of methoxy groups -OCH3 is 2. The van der Waals surface area contributed by atoms with Gasteiger partial charge in [0.15, 0.2) is 11.5 Å². The van der Waals surface area contributed by atoms with Crippen LogP contribution in [0.2, 0.25) is 0 Å². The summed E-state index contributed by atoms with van der Waals surface area (Å²) in [5.74, 6) is 1.70. The number of hydrogen-bond acceptors (Lipinski definition) is 4. The van der Waals surface area contributed by atoms with Gasteiger partial charge in [0.05, 0.1) is 31.6 Å². The Labute approximate surface area is 146 Å². The van der Waals surface area contributed by atoms with Crippen LogP contribution in [0.4, 0.5) is 0 Å². The van der Waals surface area contributed by atoms with E-state index in [1.54, 1.807) is 20.5 Å². The standard InChI is InChI=1S/C20H21N3O2/c1-24-19-4-3-12-8-18-14-9-17-16(21-11-22-17)7-13(14)5-6-23(18)10-15(12)20(19)25-2/h3-4,7,9,11,18H,5-6,8,10H2,1-2H3,(H,21,22). The summed E-state index contributed by atoms with van der Waals surface area (Å²) in [6.07, 6.45) is 3.85. The fourth-order valence-electron chi connectivity index (χ4n) is 4.42. The number of aromatic amines is 1. The molecule has 2 aromatic carbocycles. The van der Waals surface area contributed by atoms with Crippen LogP contribution in [0, 0.1) is 0 Å². The maximum absolute atomic E-state index is 5.67. The summed E-state index contributed by atoms with van der Waals surface area (Å²) in [6, 6.07) is 9.17. The predicted octanol–water partition coefficient (Wildman–Crippen LogP) is 3.24. The molecule has 1 N–H and O–H groups in total. The van der Waals surface area contributed by atoms with Crippen molar-refractivity contribution < 1.29 is 9.47 Å². The van der Waals surface area contributed by atoms with Crippen molar-refractivity contribution in [3.63, 3.8) is 0 Å². The number of rotatable bonds is 2. The fourth-order valence-corrected chi connectivity index (χ4v) is 4.42. The topological polar surface area (TPSA) is 50.4 Å². The molecule has 2 aliphatic rings. The van der Waals surface area contributed by atoms with Crippen molar-refractivity contribution in [2.75, 3.05) is 20.8 Å². The Kier molecular flexibility index (Phi) is 3.25. The van der Waals surface area contributed by atoms with Crippen molar-refractivity contribution in [2.24, 2.45) is 0 Å². The lowest BCUT2D eigenvalue weighted by Gasteiger charge is -2.41. The predicted molar refractivity (Wildman–Crippen MR) is 96.2 cm³/mol. The number of benzene rings is 2. The van der Waals surface area contributed by atoms with E-state index >= 15 is 0 Å². The van der Waals surface area contributed by atoms with Gasteiger partial charge < -0.3 is 14.5 Å². The Balaban J connectivity index is 1.61. The second-order valence-corrected chi connectivity index (χ2v) is 6.85. The van der Waals surface area contributed by atoms with Crippen molar-refractivity contribution in [3.05, 3.63) is 52.8 Å². The van der Waals surface area contributed by atoms with E-state index < -0.39 is 0 Å². The summed E-state index contributed by atoms with van der Waals surface area (Å²) in [5, 5.41) is 0. The van der Waals surface area contributed by atoms with Gasteiger partial charge in [-0.1, -0.05) is 6.07 Å². The Bertz CT molecular complexity index is 963. The third kappa shape index (κ3) is 2.15. The molecule has 1 aromatic heterocycles. The highest BCUT2D eigenvalue weighted by atomic mass is 16.5. The molecule has 25 heavy (non-hydrogen) atoms. The molecule has 1 unspecified atom stereocenters. The first kappa shape index (κ1) is 14.8. The molecule has 0 radical (unpaired) electrons. The number of imidazole rings is 1. The Hall–Kier alpha value is -2.53. The maximum Gasteiger partial charge on any atom is 0.165 e. The van der Waals surface area contributed by atoms with Gasteiger partial charge >= 0.3 is 0 Å². The zero-order chi connectivity index (χ0) is 17.0. The number of H-pyrrole nitrogens is 1. The zero-order valence-electron chi connectivity index (χ0n) is 14.5. The number of fused-ring (bicyclic) bond motifs is 5. The highest BCUT2D eigenvalue weighted by Crippen LogP contribution is 2.44. The smallest absolute Gasteiger partial charge is 0.165 e. The number of nitrogens with one attached hydrogen (secondary N) is 1. The molecule has 0 fully saturated rings. The minimum absolute atomic E-state index is 0.412. The maximum atomic E-state index is 5.67. The monoisotopic (exact) mass is 335 g/mol. The summed E-state index contributed by atoms with van der Waals surface area (Å²) in [6.45, 7) is 1.97. The van der Waals surface area contributed by atoms with Crippen LogP contribution in [0.3, 0.4) is 0 Å². The molecule has 1 atom stereocenters. The second-order valence-electron chi connectivity index (χ2n) is 6.85. The Morgan fingerprint density at radius 2 is 2.08 bits per heavy atom. The number of nitrogens with zero attached hydrogens (tertiary/aromatic N) is 2. The van der Waals surface area contributed by atoms with Gasteiger partial charge in [-0.15, -0.1) is 0 Å². The number of hydrogen-bond donors (Lipinski definition) is 1. The van der Waals surface area contributed by atoms with Gasteiger partial charge in [0.1, 0.15) is 0 Å². The molecule has 0 bridgehead atoms. The van der Waals surface area contributed by atoms with Gasteiger partial charge in [-0.2, -0.15) is 0 Å². The molecular weight excluding hydrogens is 314 g/mol. The summed E-state index contributed by atoms with van der Waals surface area (Å²) in [4.78, 5) is 10.2. The van der Waals surface area contributed by atoms with Crippen LogP contribution in [0.25, 0.3) is 11.0 Å². The molecule has 5 heteroatoms. The van der Waals surface area contributed by atoms with Gasteiger partial charge in [-0.05, 0) is 47.7 Å². The van der Waals surface area contributed by atoms with E-state index in [1.165, 1.54) is 22.3 Å². The first-order valence-electron chi connectivity index (χ1n) is 8.71. The van der Waals surface area contributed by atoms with Crippen LogP contribution in [0.1, 0.15) is 28.3 Å². The lowest BCUT2D eigenvalue weighted by molar-refractivity contribution is 0.158. The highest BCUT2D eigenvalue weighted by Gasteiger charge is 2.34. The van der Waals surface area contributed by atoms with E-state index in [2.05, 4.69) is 33.1 Å². The van der Waals surface area contributed by atoms with E-state index in [0.29, 0.717) is 6.04 Å². The number of aromatic nitrogens is 2. The van der Waals surface area contributed by atoms with Crippen molar-refractivity contribution >= 4 is 11.0 Å². The molecule has 0 spiro atoms. The van der Waals surface area contributed by atoms with Crippen LogP contribution in [0.5, 0.6) is 11.5 Å². The Morgan fingerprint density at radius 1 is 1.16 bits per heavy atom. The van der Waals surface area contributed by atoms with E-state index in [4.69, 9.17) is 9.47 Å².